The minimum atomic E-state index is -0.207. The molecule has 0 aromatic heterocycles. The monoisotopic (exact) mass is 435 g/mol. The standard InChI is InChI=1S/C25H29N3O4/c1-31-15-14-27(25(30)20-8-9-20)17-24(29)28-23(19-6-4-3-5-7-19)16-22(26-28)18-10-12-21(32-2)13-11-18/h3-7,10-13,20,23H,8-9,14-17H2,1-2H3. The van der Waals surface area contributed by atoms with Crippen LogP contribution < -0.4 is 4.74 Å². The summed E-state index contributed by atoms with van der Waals surface area (Å²) in [6, 6.07) is 17.4. The van der Waals surface area contributed by atoms with Crippen molar-refractivity contribution < 1.29 is 19.1 Å². The molecule has 4 rings (SSSR count). The first-order chi connectivity index (χ1) is 15.6. The molecule has 168 valence electrons. The number of hydrazone groups is 1. The lowest BCUT2D eigenvalue weighted by Gasteiger charge is -2.27. The zero-order valence-corrected chi connectivity index (χ0v) is 18.6. The molecule has 32 heavy (non-hydrogen) atoms. The first-order valence-electron chi connectivity index (χ1n) is 11.0. The Hall–Kier alpha value is -3.19. The van der Waals surface area contributed by atoms with Gasteiger partial charge < -0.3 is 14.4 Å². The van der Waals surface area contributed by atoms with Crippen molar-refractivity contribution in [3.63, 3.8) is 0 Å². The summed E-state index contributed by atoms with van der Waals surface area (Å²) >= 11 is 0. The lowest BCUT2D eigenvalue weighted by Crippen LogP contribution is -2.43. The van der Waals surface area contributed by atoms with E-state index in [0.717, 1.165) is 35.4 Å². The summed E-state index contributed by atoms with van der Waals surface area (Å²) in [7, 11) is 3.23. The van der Waals surface area contributed by atoms with E-state index in [-0.39, 0.29) is 30.3 Å². The number of ether oxygens (including phenoxy) is 2. The van der Waals surface area contributed by atoms with Gasteiger partial charge in [-0.2, -0.15) is 5.10 Å². The van der Waals surface area contributed by atoms with E-state index >= 15 is 0 Å². The minimum absolute atomic E-state index is 0.00141. The van der Waals surface area contributed by atoms with Gasteiger partial charge in [-0.1, -0.05) is 30.3 Å². The van der Waals surface area contributed by atoms with Gasteiger partial charge in [0.05, 0.1) is 25.5 Å². The SMILES string of the molecule is COCCN(CC(=O)N1N=C(c2ccc(OC)cc2)CC1c1ccccc1)C(=O)C1CC1. The summed E-state index contributed by atoms with van der Waals surface area (Å²) in [5, 5.41) is 6.27. The summed E-state index contributed by atoms with van der Waals surface area (Å²) in [6.45, 7) is 0.798. The lowest BCUT2D eigenvalue weighted by atomic mass is 9.98. The largest absolute Gasteiger partial charge is 0.497 e. The van der Waals surface area contributed by atoms with E-state index in [1.54, 1.807) is 24.1 Å². The highest BCUT2D eigenvalue weighted by atomic mass is 16.5. The summed E-state index contributed by atoms with van der Waals surface area (Å²) < 4.78 is 10.4. The molecule has 0 radical (unpaired) electrons. The predicted molar refractivity (Wildman–Crippen MR) is 121 cm³/mol. The number of benzene rings is 2. The summed E-state index contributed by atoms with van der Waals surface area (Å²) in [5.74, 6) is 0.659. The van der Waals surface area contributed by atoms with Crippen LogP contribution in [0.3, 0.4) is 0 Å². The molecule has 1 aliphatic heterocycles. The maximum atomic E-state index is 13.4. The summed E-state index contributed by atoms with van der Waals surface area (Å²) in [4.78, 5) is 27.7. The van der Waals surface area contributed by atoms with Gasteiger partial charge in [-0.25, -0.2) is 5.01 Å². The van der Waals surface area contributed by atoms with E-state index in [4.69, 9.17) is 14.6 Å². The van der Waals surface area contributed by atoms with E-state index in [2.05, 4.69) is 0 Å². The maximum absolute atomic E-state index is 13.4. The van der Waals surface area contributed by atoms with Crippen molar-refractivity contribution in [2.24, 2.45) is 11.0 Å². The van der Waals surface area contributed by atoms with E-state index in [1.807, 2.05) is 54.6 Å². The van der Waals surface area contributed by atoms with Crippen LogP contribution in [0.5, 0.6) is 5.75 Å². The third-order valence-electron chi connectivity index (χ3n) is 5.90. The van der Waals surface area contributed by atoms with E-state index in [1.165, 1.54) is 0 Å². The minimum Gasteiger partial charge on any atom is -0.497 e. The molecular weight excluding hydrogens is 406 g/mol. The maximum Gasteiger partial charge on any atom is 0.262 e. The third kappa shape index (κ3) is 4.99. The Bertz CT molecular complexity index is 970. The van der Waals surface area contributed by atoms with Crippen molar-refractivity contribution in [1.29, 1.82) is 0 Å². The van der Waals surface area contributed by atoms with Gasteiger partial charge in [0.25, 0.3) is 5.91 Å². The molecule has 1 aliphatic carbocycles. The van der Waals surface area contributed by atoms with E-state index in [9.17, 15) is 9.59 Å². The number of rotatable bonds is 9. The Kier molecular flexibility index (Phi) is 6.85. The first kappa shape index (κ1) is 22.0. The number of nitrogens with zero attached hydrogens (tertiary/aromatic N) is 3. The first-order valence-corrected chi connectivity index (χ1v) is 11.0. The number of amides is 2. The molecule has 1 unspecified atom stereocenters. The van der Waals surface area contributed by atoms with Gasteiger partial charge in [0, 0.05) is 26.0 Å². The van der Waals surface area contributed by atoms with Gasteiger partial charge in [0.2, 0.25) is 5.91 Å². The second-order valence-corrected chi connectivity index (χ2v) is 8.17. The van der Waals surface area contributed by atoms with Crippen LogP contribution in [0.15, 0.2) is 59.7 Å². The number of hydrogen-bond donors (Lipinski definition) is 0. The molecule has 2 aliphatic rings. The molecule has 1 atom stereocenters. The van der Waals surface area contributed by atoms with Crippen molar-refractivity contribution in [1.82, 2.24) is 9.91 Å². The fraction of sp³-hybridized carbons (Fsp3) is 0.400. The Morgan fingerprint density at radius 3 is 2.41 bits per heavy atom. The summed E-state index contributed by atoms with van der Waals surface area (Å²) in [6.07, 6.45) is 2.40. The highest BCUT2D eigenvalue weighted by Gasteiger charge is 2.37. The van der Waals surface area contributed by atoms with Crippen LogP contribution in [0, 0.1) is 5.92 Å². The number of hydrogen-bond acceptors (Lipinski definition) is 5. The van der Waals surface area contributed by atoms with Crippen molar-refractivity contribution in [2.75, 3.05) is 33.9 Å². The topological polar surface area (TPSA) is 71.4 Å². The van der Waals surface area contributed by atoms with E-state index < -0.39 is 0 Å². The molecule has 0 saturated heterocycles. The Morgan fingerprint density at radius 1 is 1.06 bits per heavy atom. The van der Waals surface area contributed by atoms with Gasteiger partial charge in [0.15, 0.2) is 0 Å². The van der Waals surface area contributed by atoms with Crippen molar-refractivity contribution in [3.05, 3.63) is 65.7 Å². The van der Waals surface area contributed by atoms with E-state index in [0.29, 0.717) is 19.6 Å². The second kappa shape index (κ2) is 9.96. The van der Waals surface area contributed by atoms with Gasteiger partial charge in [0.1, 0.15) is 12.3 Å². The normalized spacial score (nSPS) is 17.8. The fourth-order valence-corrected chi connectivity index (χ4v) is 3.93. The van der Waals surface area contributed by atoms with Crippen LogP contribution >= 0.6 is 0 Å². The average molecular weight is 436 g/mol. The predicted octanol–water partition coefficient (Wildman–Crippen LogP) is 3.26. The molecule has 1 saturated carbocycles. The Labute approximate surface area is 188 Å². The molecular formula is C25H29N3O4. The zero-order valence-electron chi connectivity index (χ0n) is 18.6. The Morgan fingerprint density at radius 2 is 1.78 bits per heavy atom. The fourth-order valence-electron chi connectivity index (χ4n) is 3.93. The number of carbonyl (C=O) groups excluding carboxylic acids is 2. The van der Waals surface area contributed by atoms with Gasteiger partial charge in [-0.15, -0.1) is 0 Å². The average Bonchev–Trinajstić information content (AvgIpc) is 3.59. The quantitative estimate of drug-likeness (QED) is 0.606. The van der Waals surface area contributed by atoms with Crippen LogP contribution in [-0.4, -0.2) is 61.4 Å². The molecule has 0 spiro atoms. The second-order valence-electron chi connectivity index (χ2n) is 8.17. The van der Waals surface area contributed by atoms with Crippen molar-refractivity contribution >= 4 is 17.5 Å². The summed E-state index contributed by atoms with van der Waals surface area (Å²) in [5.41, 5.74) is 2.81. The van der Waals surface area contributed by atoms with Crippen LogP contribution in [0.2, 0.25) is 0 Å². The van der Waals surface area contributed by atoms with Crippen LogP contribution in [-0.2, 0) is 14.3 Å². The highest BCUT2D eigenvalue weighted by molar-refractivity contribution is 6.03. The van der Waals surface area contributed by atoms with Gasteiger partial charge in [-0.3, -0.25) is 9.59 Å². The number of carbonyl (C=O) groups is 2. The number of methoxy groups -OCH3 is 2. The molecule has 2 aromatic carbocycles. The zero-order chi connectivity index (χ0) is 22.5. The molecule has 1 heterocycles. The highest BCUT2D eigenvalue weighted by Crippen LogP contribution is 2.34. The molecule has 1 fully saturated rings. The smallest absolute Gasteiger partial charge is 0.262 e. The molecule has 2 amide bonds. The molecule has 2 aromatic rings. The van der Waals surface area contributed by atoms with Gasteiger partial charge >= 0.3 is 0 Å². The van der Waals surface area contributed by atoms with Crippen molar-refractivity contribution in [2.45, 2.75) is 25.3 Å². The Balaban J connectivity index is 1.58. The molecule has 7 nitrogen and oxygen atoms in total. The molecule has 7 heteroatoms. The van der Waals surface area contributed by atoms with Crippen LogP contribution in [0.25, 0.3) is 0 Å². The van der Waals surface area contributed by atoms with Crippen LogP contribution in [0.1, 0.15) is 36.4 Å². The van der Waals surface area contributed by atoms with Crippen LogP contribution in [0.4, 0.5) is 0 Å². The van der Waals surface area contributed by atoms with Gasteiger partial charge in [-0.05, 0) is 48.2 Å². The third-order valence-corrected chi connectivity index (χ3v) is 5.90. The molecule has 0 bridgehead atoms. The van der Waals surface area contributed by atoms with Crippen molar-refractivity contribution in [3.8, 4) is 5.75 Å². The lowest BCUT2D eigenvalue weighted by molar-refractivity contribution is -0.142. The molecule has 0 N–H and O–H groups in total.